The maximum absolute atomic E-state index is 12.6. The molecule has 4 aliphatic carbocycles. The van der Waals surface area contributed by atoms with Gasteiger partial charge in [-0.2, -0.15) is 0 Å². The van der Waals surface area contributed by atoms with E-state index in [0.717, 1.165) is 27.8 Å². The summed E-state index contributed by atoms with van der Waals surface area (Å²) in [6.45, 7) is 2.22. The minimum atomic E-state index is 0.0571. The van der Waals surface area contributed by atoms with Crippen LogP contribution in [0.25, 0.3) is 11.5 Å². The molecule has 1 amide bonds. The third kappa shape index (κ3) is 4.00. The van der Waals surface area contributed by atoms with E-state index in [4.69, 9.17) is 4.42 Å². The number of nitrogens with zero attached hydrogens (tertiary/aromatic N) is 2. The van der Waals surface area contributed by atoms with E-state index in [2.05, 4.69) is 38.4 Å². The molecule has 0 unspecified atom stereocenters. The van der Waals surface area contributed by atoms with Crippen molar-refractivity contribution in [3.63, 3.8) is 0 Å². The maximum atomic E-state index is 12.6. The van der Waals surface area contributed by atoms with Crippen molar-refractivity contribution in [2.24, 2.45) is 23.2 Å². The van der Waals surface area contributed by atoms with Gasteiger partial charge < -0.3 is 9.73 Å². The van der Waals surface area contributed by atoms with Crippen LogP contribution in [0.3, 0.4) is 0 Å². The Morgan fingerprint density at radius 1 is 1.17 bits per heavy atom. The van der Waals surface area contributed by atoms with Gasteiger partial charge in [0, 0.05) is 16.1 Å². The van der Waals surface area contributed by atoms with E-state index in [-0.39, 0.29) is 11.9 Å². The Morgan fingerprint density at radius 3 is 2.41 bits per heavy atom. The molecule has 29 heavy (non-hydrogen) atoms. The lowest BCUT2D eigenvalue weighted by Gasteiger charge is -2.59. The molecule has 0 saturated heterocycles. The molecule has 1 heterocycles. The number of carbonyl (C=O) groups is 1. The van der Waals surface area contributed by atoms with Gasteiger partial charge in [0.15, 0.2) is 0 Å². The smallest absolute Gasteiger partial charge is 0.277 e. The van der Waals surface area contributed by atoms with Crippen LogP contribution in [0.15, 0.2) is 38.4 Å². The van der Waals surface area contributed by atoms with Crippen LogP contribution in [-0.4, -0.2) is 27.9 Å². The molecule has 154 valence electrons. The van der Waals surface area contributed by atoms with Crippen molar-refractivity contribution in [3.8, 4) is 11.5 Å². The topological polar surface area (TPSA) is 68.0 Å². The Balaban J connectivity index is 1.16. The summed E-state index contributed by atoms with van der Waals surface area (Å²) in [4.78, 5) is 12.6. The predicted octanol–water partition coefficient (Wildman–Crippen LogP) is 5.31. The van der Waals surface area contributed by atoms with Crippen LogP contribution in [0.4, 0.5) is 0 Å². The van der Waals surface area contributed by atoms with Gasteiger partial charge in [0.1, 0.15) is 0 Å². The first kappa shape index (κ1) is 19.6. The first-order valence-corrected chi connectivity index (χ1v) is 12.3. The van der Waals surface area contributed by atoms with E-state index >= 15 is 0 Å². The van der Waals surface area contributed by atoms with E-state index in [9.17, 15) is 4.79 Å². The quantitative estimate of drug-likeness (QED) is 0.573. The van der Waals surface area contributed by atoms with Crippen molar-refractivity contribution < 1.29 is 9.21 Å². The summed E-state index contributed by atoms with van der Waals surface area (Å²) in [5.41, 5.74) is 1.20. The van der Waals surface area contributed by atoms with Crippen LogP contribution in [0, 0.1) is 23.2 Å². The summed E-state index contributed by atoms with van der Waals surface area (Å²) < 4.78 is 6.71. The molecule has 4 saturated carbocycles. The zero-order valence-electron chi connectivity index (χ0n) is 16.6. The fraction of sp³-hybridized carbons (Fsp3) is 0.591. The van der Waals surface area contributed by atoms with E-state index in [1.54, 1.807) is 0 Å². The molecule has 0 aliphatic heterocycles. The highest BCUT2D eigenvalue weighted by Gasteiger charge is 2.53. The SMILES string of the molecule is C[C@H](NC(=O)CSc1nnc(-c2ccc(Br)cc2)o1)C12CC3CC(CC(C3)C1)C2. The highest BCUT2D eigenvalue weighted by molar-refractivity contribution is 9.10. The van der Waals surface area contributed by atoms with Gasteiger partial charge in [0.25, 0.3) is 5.22 Å². The highest BCUT2D eigenvalue weighted by atomic mass is 79.9. The predicted molar refractivity (Wildman–Crippen MR) is 116 cm³/mol. The van der Waals surface area contributed by atoms with Crippen molar-refractivity contribution >= 4 is 33.6 Å². The van der Waals surface area contributed by atoms with Gasteiger partial charge in [0.2, 0.25) is 11.8 Å². The monoisotopic (exact) mass is 475 g/mol. The van der Waals surface area contributed by atoms with Crippen molar-refractivity contribution in [2.75, 3.05) is 5.75 Å². The van der Waals surface area contributed by atoms with E-state index in [1.807, 2.05) is 24.3 Å². The van der Waals surface area contributed by atoms with Crippen molar-refractivity contribution in [2.45, 2.75) is 56.7 Å². The fourth-order valence-corrected chi connectivity index (χ4v) is 7.09. The molecule has 1 N–H and O–H groups in total. The van der Waals surface area contributed by atoms with Crippen LogP contribution < -0.4 is 5.32 Å². The molecule has 5 nitrogen and oxygen atoms in total. The molecule has 0 spiro atoms. The summed E-state index contributed by atoms with van der Waals surface area (Å²) in [5, 5.41) is 11.9. The van der Waals surface area contributed by atoms with Gasteiger partial charge in [-0.15, -0.1) is 10.2 Å². The lowest BCUT2D eigenvalue weighted by atomic mass is 9.48. The highest BCUT2D eigenvalue weighted by Crippen LogP contribution is 2.61. The first-order chi connectivity index (χ1) is 14.0. The fourth-order valence-electron chi connectivity index (χ4n) is 6.25. The second-order valence-corrected chi connectivity index (χ2v) is 11.1. The molecule has 0 radical (unpaired) electrons. The zero-order chi connectivity index (χ0) is 20.0. The summed E-state index contributed by atoms with van der Waals surface area (Å²) in [6, 6.07) is 7.96. The number of halogens is 1. The van der Waals surface area contributed by atoms with Crippen LogP contribution in [0.1, 0.15) is 45.4 Å². The maximum Gasteiger partial charge on any atom is 0.277 e. The minimum absolute atomic E-state index is 0.0571. The van der Waals surface area contributed by atoms with E-state index in [1.165, 1.54) is 50.3 Å². The van der Waals surface area contributed by atoms with Gasteiger partial charge in [-0.3, -0.25) is 4.79 Å². The van der Waals surface area contributed by atoms with Crippen LogP contribution in [0.2, 0.25) is 0 Å². The van der Waals surface area contributed by atoms with Gasteiger partial charge in [-0.05, 0) is 92.9 Å². The minimum Gasteiger partial charge on any atom is -0.411 e. The number of hydrogen-bond acceptors (Lipinski definition) is 5. The van der Waals surface area contributed by atoms with Gasteiger partial charge >= 0.3 is 0 Å². The molecule has 4 aliphatic rings. The van der Waals surface area contributed by atoms with Crippen LogP contribution >= 0.6 is 27.7 Å². The number of rotatable bonds is 6. The van der Waals surface area contributed by atoms with E-state index < -0.39 is 0 Å². The van der Waals surface area contributed by atoms with Crippen LogP contribution in [0.5, 0.6) is 0 Å². The van der Waals surface area contributed by atoms with Gasteiger partial charge in [0.05, 0.1) is 5.75 Å². The number of hydrogen-bond donors (Lipinski definition) is 1. The normalized spacial score (nSPS) is 31.0. The number of nitrogens with one attached hydrogen (secondary N) is 1. The average Bonchev–Trinajstić information content (AvgIpc) is 3.15. The zero-order valence-corrected chi connectivity index (χ0v) is 19.0. The summed E-state index contributed by atoms with van der Waals surface area (Å²) in [6.07, 6.45) is 8.17. The Morgan fingerprint density at radius 2 is 1.79 bits per heavy atom. The lowest BCUT2D eigenvalue weighted by Crippen LogP contribution is -2.56. The van der Waals surface area contributed by atoms with Gasteiger partial charge in [-0.1, -0.05) is 27.7 Å². The van der Waals surface area contributed by atoms with Crippen LogP contribution in [-0.2, 0) is 4.79 Å². The third-order valence-corrected chi connectivity index (χ3v) is 8.55. The standard InChI is InChI=1S/C22H26BrN3O2S/c1-13(22-9-14-6-15(10-22)8-16(7-14)11-22)24-19(27)12-29-21-26-25-20(28-21)17-2-4-18(23)5-3-17/h2-5,13-16H,6-12H2,1H3,(H,24,27)/t13-,14?,15?,16?,22?/m0/s1. The molecule has 1 aromatic carbocycles. The van der Waals surface area contributed by atoms with Gasteiger partial charge in [-0.25, -0.2) is 0 Å². The number of amides is 1. The summed E-state index contributed by atoms with van der Waals surface area (Å²) >= 11 is 4.72. The Hall–Kier alpha value is -1.34. The molecule has 6 rings (SSSR count). The largest absolute Gasteiger partial charge is 0.411 e. The number of carbonyl (C=O) groups excluding carboxylic acids is 1. The Labute approximate surface area is 183 Å². The summed E-state index contributed by atoms with van der Waals surface area (Å²) in [5.74, 6) is 3.52. The number of thioether (sulfide) groups is 1. The second kappa shape index (κ2) is 7.73. The first-order valence-electron chi connectivity index (χ1n) is 10.5. The number of benzene rings is 1. The Kier molecular flexibility index (Phi) is 5.23. The van der Waals surface area contributed by atoms with Crippen molar-refractivity contribution in [1.29, 1.82) is 0 Å². The summed E-state index contributed by atoms with van der Waals surface area (Å²) in [7, 11) is 0. The molecule has 1 atom stereocenters. The molecule has 2 aromatic rings. The second-order valence-electron chi connectivity index (χ2n) is 9.24. The Bertz CT molecular complexity index is 862. The molecular formula is C22H26BrN3O2S. The molecular weight excluding hydrogens is 450 g/mol. The molecule has 4 bridgehead atoms. The van der Waals surface area contributed by atoms with Crippen molar-refractivity contribution in [1.82, 2.24) is 15.5 Å². The number of aromatic nitrogens is 2. The third-order valence-electron chi connectivity index (χ3n) is 7.21. The van der Waals surface area contributed by atoms with E-state index in [0.29, 0.717) is 22.3 Å². The lowest BCUT2D eigenvalue weighted by molar-refractivity contribution is -0.123. The molecule has 1 aromatic heterocycles. The van der Waals surface area contributed by atoms with Crippen molar-refractivity contribution in [3.05, 3.63) is 28.7 Å². The average molecular weight is 476 g/mol. The molecule has 7 heteroatoms. The molecule has 4 fully saturated rings.